The molecule has 0 fully saturated rings. The Morgan fingerprint density at radius 2 is 2.04 bits per heavy atom. The van der Waals surface area contributed by atoms with Crippen LogP contribution in [0.15, 0.2) is 18.2 Å². The third kappa shape index (κ3) is 6.17. The number of hydrogen-bond acceptors (Lipinski definition) is 5. The topological polar surface area (TPSA) is 123 Å². The molecule has 1 atom stereocenters. The van der Waals surface area contributed by atoms with Crippen LogP contribution in [0.5, 0.6) is 5.75 Å². The Balaban J connectivity index is 2.72. The van der Waals surface area contributed by atoms with Crippen LogP contribution in [-0.2, 0) is 4.79 Å². The Morgan fingerprint density at radius 3 is 2.62 bits per heavy atom. The maximum atomic E-state index is 12.2. The fourth-order valence-corrected chi connectivity index (χ4v) is 2.45. The summed E-state index contributed by atoms with van der Waals surface area (Å²) in [6, 6.07) is 2.85. The molecular weight excluding hydrogens is 356 g/mol. The van der Waals surface area contributed by atoms with E-state index in [1.807, 2.05) is 6.26 Å². The van der Waals surface area contributed by atoms with Crippen molar-refractivity contribution in [2.24, 2.45) is 5.73 Å². The molecule has 0 spiro atoms. The quantitative estimate of drug-likeness (QED) is 0.528. The third-order valence-corrected chi connectivity index (χ3v) is 3.83. The molecule has 10 heteroatoms. The van der Waals surface area contributed by atoms with Crippen molar-refractivity contribution in [1.82, 2.24) is 16.2 Å². The number of urea groups is 1. The van der Waals surface area contributed by atoms with E-state index in [9.17, 15) is 14.4 Å². The Bertz CT molecular complexity index is 614. The number of carbonyl (C=O) groups is 3. The second-order valence-electron chi connectivity index (χ2n) is 4.63. The lowest BCUT2D eigenvalue weighted by atomic mass is 10.2. The summed E-state index contributed by atoms with van der Waals surface area (Å²) in [5.41, 5.74) is 9.71. The van der Waals surface area contributed by atoms with Crippen LogP contribution in [-0.4, -0.2) is 43.0 Å². The van der Waals surface area contributed by atoms with Crippen molar-refractivity contribution < 1.29 is 19.1 Å². The highest BCUT2D eigenvalue weighted by Gasteiger charge is 2.21. The lowest BCUT2D eigenvalue weighted by Crippen LogP contribution is -2.53. The zero-order valence-corrected chi connectivity index (χ0v) is 14.8. The molecule has 0 unspecified atom stereocenters. The smallest absolute Gasteiger partial charge is 0.312 e. The summed E-state index contributed by atoms with van der Waals surface area (Å²) in [5.74, 6) is -0.253. The summed E-state index contributed by atoms with van der Waals surface area (Å²) in [5, 5.41) is 2.67. The Hall–Kier alpha value is -2.13. The van der Waals surface area contributed by atoms with Gasteiger partial charge in [0.1, 0.15) is 11.8 Å². The highest BCUT2D eigenvalue weighted by atomic mass is 35.5. The van der Waals surface area contributed by atoms with Crippen LogP contribution >= 0.6 is 23.4 Å². The van der Waals surface area contributed by atoms with Gasteiger partial charge in [-0.1, -0.05) is 11.6 Å². The van der Waals surface area contributed by atoms with E-state index in [0.717, 1.165) is 0 Å². The maximum Gasteiger partial charge on any atom is 0.312 e. The molecule has 0 heterocycles. The molecule has 1 aromatic rings. The first-order valence-corrected chi connectivity index (χ1v) is 8.64. The van der Waals surface area contributed by atoms with Crippen LogP contribution in [0.1, 0.15) is 16.8 Å². The molecule has 0 bridgehead atoms. The monoisotopic (exact) mass is 374 g/mol. The van der Waals surface area contributed by atoms with Gasteiger partial charge in [0.05, 0.1) is 12.7 Å². The molecule has 5 N–H and O–H groups in total. The molecular formula is C14H19ClN4O4S. The molecule has 24 heavy (non-hydrogen) atoms. The van der Waals surface area contributed by atoms with Gasteiger partial charge in [-0.2, -0.15) is 11.8 Å². The van der Waals surface area contributed by atoms with Crippen LogP contribution in [0.2, 0.25) is 5.02 Å². The summed E-state index contributed by atoms with van der Waals surface area (Å²) >= 11 is 7.37. The number of benzene rings is 1. The molecule has 0 aromatic heterocycles. The van der Waals surface area contributed by atoms with Crippen molar-refractivity contribution in [2.75, 3.05) is 19.1 Å². The summed E-state index contributed by atoms with van der Waals surface area (Å²) in [6.45, 7) is 0. The van der Waals surface area contributed by atoms with Crippen molar-refractivity contribution in [1.29, 1.82) is 0 Å². The minimum Gasteiger partial charge on any atom is -0.496 e. The van der Waals surface area contributed by atoms with Gasteiger partial charge in [0.2, 0.25) is 0 Å². The van der Waals surface area contributed by atoms with Crippen LogP contribution in [0.3, 0.4) is 0 Å². The predicted molar refractivity (Wildman–Crippen MR) is 93.1 cm³/mol. The second-order valence-corrected chi connectivity index (χ2v) is 6.05. The van der Waals surface area contributed by atoms with Crippen molar-refractivity contribution in [3.63, 3.8) is 0 Å². The van der Waals surface area contributed by atoms with Crippen LogP contribution < -0.4 is 26.6 Å². The maximum absolute atomic E-state index is 12.2. The normalized spacial score (nSPS) is 11.3. The van der Waals surface area contributed by atoms with E-state index < -0.39 is 23.9 Å². The predicted octanol–water partition coefficient (Wildman–Crippen LogP) is 0.900. The number of hydrogen-bond donors (Lipinski definition) is 4. The number of rotatable bonds is 7. The highest BCUT2D eigenvalue weighted by molar-refractivity contribution is 7.98. The minimum atomic E-state index is -0.850. The van der Waals surface area contributed by atoms with E-state index in [0.29, 0.717) is 22.9 Å². The number of hydrazine groups is 1. The summed E-state index contributed by atoms with van der Waals surface area (Å²) in [7, 11) is 1.41. The van der Waals surface area contributed by atoms with E-state index >= 15 is 0 Å². The van der Waals surface area contributed by atoms with E-state index in [-0.39, 0.29) is 5.56 Å². The first-order chi connectivity index (χ1) is 11.4. The first kappa shape index (κ1) is 19.9. The second kappa shape index (κ2) is 9.89. The molecule has 0 radical (unpaired) electrons. The number of primary amides is 1. The van der Waals surface area contributed by atoms with Gasteiger partial charge in [-0.15, -0.1) is 0 Å². The van der Waals surface area contributed by atoms with Gasteiger partial charge in [0, 0.05) is 5.02 Å². The molecule has 0 aliphatic heterocycles. The van der Waals surface area contributed by atoms with Gasteiger partial charge >= 0.3 is 6.03 Å². The van der Waals surface area contributed by atoms with Gasteiger partial charge in [0.25, 0.3) is 11.8 Å². The minimum absolute atomic E-state index is 0.161. The standard InChI is InChI=1S/C14H19ClN4O4S/c1-23-11-4-3-8(15)7-9(11)12(20)18-19-13(21)10(5-6-24-2)17-14(16)22/h3-4,7,10H,5-6H2,1-2H3,(H,18,20)(H,19,21)(H3,16,17,22)/t10-/m0/s1. The van der Waals surface area contributed by atoms with Crippen LogP contribution in [0.25, 0.3) is 0 Å². The molecule has 0 saturated heterocycles. The molecule has 1 aromatic carbocycles. The Labute approximate surface area is 148 Å². The molecule has 4 amide bonds. The Morgan fingerprint density at radius 1 is 1.33 bits per heavy atom. The Kier molecular flexibility index (Phi) is 8.20. The number of amides is 4. The summed E-state index contributed by atoms with van der Waals surface area (Å²) in [4.78, 5) is 35.2. The highest BCUT2D eigenvalue weighted by Crippen LogP contribution is 2.22. The number of nitrogens with two attached hydrogens (primary N) is 1. The lowest BCUT2D eigenvalue weighted by molar-refractivity contribution is -0.123. The molecule has 0 aliphatic rings. The number of halogens is 1. The fraction of sp³-hybridized carbons (Fsp3) is 0.357. The molecule has 132 valence electrons. The van der Waals surface area contributed by atoms with E-state index in [2.05, 4.69) is 16.2 Å². The summed E-state index contributed by atoms with van der Waals surface area (Å²) < 4.78 is 5.07. The summed E-state index contributed by atoms with van der Waals surface area (Å²) in [6.07, 6.45) is 2.23. The molecule has 0 saturated carbocycles. The largest absolute Gasteiger partial charge is 0.496 e. The van der Waals surface area contributed by atoms with Crippen molar-refractivity contribution >= 4 is 41.2 Å². The number of thioether (sulfide) groups is 1. The fourth-order valence-electron chi connectivity index (χ4n) is 1.81. The van der Waals surface area contributed by atoms with Gasteiger partial charge < -0.3 is 15.8 Å². The van der Waals surface area contributed by atoms with Crippen LogP contribution in [0, 0.1) is 0 Å². The lowest BCUT2D eigenvalue weighted by Gasteiger charge is -2.17. The average molecular weight is 375 g/mol. The first-order valence-electron chi connectivity index (χ1n) is 6.87. The zero-order chi connectivity index (χ0) is 18.1. The van der Waals surface area contributed by atoms with Gasteiger partial charge in [0.15, 0.2) is 0 Å². The van der Waals surface area contributed by atoms with Crippen molar-refractivity contribution in [2.45, 2.75) is 12.5 Å². The molecule has 0 aliphatic carbocycles. The van der Waals surface area contributed by atoms with E-state index in [1.54, 1.807) is 6.07 Å². The van der Waals surface area contributed by atoms with Gasteiger partial charge in [-0.05, 0) is 36.6 Å². The van der Waals surface area contributed by atoms with E-state index in [4.69, 9.17) is 22.1 Å². The zero-order valence-electron chi connectivity index (χ0n) is 13.2. The van der Waals surface area contributed by atoms with Crippen LogP contribution in [0.4, 0.5) is 4.79 Å². The van der Waals surface area contributed by atoms with Gasteiger partial charge in [-0.25, -0.2) is 4.79 Å². The number of carbonyl (C=O) groups excluding carboxylic acids is 3. The SMILES string of the molecule is COc1ccc(Cl)cc1C(=O)NNC(=O)[C@H](CCSC)NC(N)=O. The number of nitrogens with one attached hydrogen (secondary N) is 3. The van der Waals surface area contributed by atoms with E-state index in [1.165, 1.54) is 31.0 Å². The number of ether oxygens (including phenoxy) is 1. The third-order valence-electron chi connectivity index (χ3n) is 2.95. The van der Waals surface area contributed by atoms with Gasteiger partial charge in [-0.3, -0.25) is 20.4 Å². The van der Waals surface area contributed by atoms with Crippen molar-refractivity contribution in [3.8, 4) is 5.75 Å². The average Bonchev–Trinajstić information content (AvgIpc) is 2.55. The number of methoxy groups -OCH3 is 1. The van der Waals surface area contributed by atoms with Crippen molar-refractivity contribution in [3.05, 3.63) is 28.8 Å². The molecule has 1 rings (SSSR count). The molecule has 8 nitrogen and oxygen atoms in total.